The van der Waals surface area contributed by atoms with Crippen molar-refractivity contribution in [1.82, 2.24) is 10.2 Å². The van der Waals surface area contributed by atoms with Crippen molar-refractivity contribution in [3.8, 4) is 5.75 Å². The van der Waals surface area contributed by atoms with Crippen LogP contribution in [0.4, 0.5) is 5.69 Å². The molecule has 0 bridgehead atoms. The van der Waals surface area contributed by atoms with E-state index in [0.29, 0.717) is 34.3 Å². The average molecular weight is 565 g/mol. The third-order valence-electron chi connectivity index (χ3n) is 5.21. The van der Waals surface area contributed by atoms with Crippen LogP contribution in [0.5, 0.6) is 5.75 Å². The van der Waals surface area contributed by atoms with E-state index >= 15 is 0 Å². The van der Waals surface area contributed by atoms with E-state index in [2.05, 4.69) is 5.32 Å². The number of hydrogen-bond acceptors (Lipinski definition) is 5. The monoisotopic (exact) mass is 563 g/mol. The maximum atomic E-state index is 13.5. The molecular formula is C23H28Cl3N3O5S. The quantitative estimate of drug-likeness (QED) is 0.437. The van der Waals surface area contributed by atoms with Gasteiger partial charge in [-0.3, -0.25) is 13.9 Å². The summed E-state index contributed by atoms with van der Waals surface area (Å²) in [6.07, 6.45) is 1.69. The Morgan fingerprint density at radius 3 is 2.23 bits per heavy atom. The van der Waals surface area contributed by atoms with Crippen LogP contribution in [0.15, 0.2) is 36.4 Å². The minimum Gasteiger partial charge on any atom is -0.495 e. The second-order valence-corrected chi connectivity index (χ2v) is 10.9. The van der Waals surface area contributed by atoms with E-state index in [0.717, 1.165) is 10.6 Å². The van der Waals surface area contributed by atoms with Gasteiger partial charge in [0.1, 0.15) is 18.3 Å². The molecule has 0 spiro atoms. The molecule has 0 saturated carbocycles. The zero-order valence-electron chi connectivity index (χ0n) is 19.8. The largest absolute Gasteiger partial charge is 0.495 e. The van der Waals surface area contributed by atoms with Crippen LogP contribution >= 0.6 is 34.8 Å². The molecule has 2 rings (SSSR count). The second kappa shape index (κ2) is 12.7. The molecule has 0 aliphatic rings. The first kappa shape index (κ1) is 29.0. The second-order valence-electron chi connectivity index (χ2n) is 7.78. The molecule has 0 radical (unpaired) electrons. The zero-order valence-corrected chi connectivity index (χ0v) is 22.9. The SMILES string of the molecule is CCCNC(=O)[C@H](C)N(Cc1c(Cl)cccc1Cl)C(=O)CN(c1ccc(OC)c(Cl)c1)S(C)(=O)=O. The molecule has 1 atom stereocenters. The molecule has 12 heteroatoms. The van der Waals surface area contributed by atoms with Crippen molar-refractivity contribution in [2.75, 3.05) is 30.8 Å². The first-order valence-corrected chi connectivity index (χ1v) is 13.7. The number of carbonyl (C=O) groups excluding carboxylic acids is 2. The molecule has 0 aliphatic heterocycles. The molecule has 2 aromatic rings. The van der Waals surface area contributed by atoms with Crippen LogP contribution < -0.4 is 14.4 Å². The third-order valence-corrected chi connectivity index (χ3v) is 7.35. The van der Waals surface area contributed by atoms with Crippen LogP contribution in [0.25, 0.3) is 0 Å². The van der Waals surface area contributed by atoms with Gasteiger partial charge in [-0.25, -0.2) is 8.42 Å². The number of methoxy groups -OCH3 is 1. The fourth-order valence-electron chi connectivity index (χ4n) is 3.26. The van der Waals surface area contributed by atoms with Crippen molar-refractivity contribution in [2.45, 2.75) is 32.9 Å². The Bertz CT molecular complexity index is 1160. The number of anilines is 1. The molecule has 0 saturated heterocycles. The van der Waals surface area contributed by atoms with Gasteiger partial charge in [0.2, 0.25) is 21.8 Å². The van der Waals surface area contributed by atoms with Crippen molar-refractivity contribution < 1.29 is 22.7 Å². The predicted molar refractivity (Wildman–Crippen MR) is 140 cm³/mol. The number of ether oxygens (including phenoxy) is 1. The Hall–Kier alpha value is -2.20. The van der Waals surface area contributed by atoms with Gasteiger partial charge in [-0.1, -0.05) is 47.8 Å². The van der Waals surface area contributed by atoms with Crippen LogP contribution in [0.1, 0.15) is 25.8 Å². The number of rotatable bonds is 11. The van der Waals surface area contributed by atoms with E-state index in [4.69, 9.17) is 39.5 Å². The third kappa shape index (κ3) is 7.64. The summed E-state index contributed by atoms with van der Waals surface area (Å²) in [7, 11) is -2.47. The number of hydrogen-bond donors (Lipinski definition) is 1. The first-order valence-electron chi connectivity index (χ1n) is 10.7. The zero-order chi connectivity index (χ0) is 26.3. The van der Waals surface area contributed by atoms with Gasteiger partial charge >= 0.3 is 0 Å². The molecule has 0 aromatic heterocycles. The van der Waals surface area contributed by atoms with Gasteiger partial charge in [0.15, 0.2) is 0 Å². The number of nitrogens with one attached hydrogen (secondary N) is 1. The van der Waals surface area contributed by atoms with Crippen LogP contribution in [0, 0.1) is 0 Å². The van der Waals surface area contributed by atoms with Gasteiger partial charge in [0.05, 0.1) is 24.1 Å². The average Bonchev–Trinajstić information content (AvgIpc) is 2.79. The van der Waals surface area contributed by atoms with Crippen LogP contribution in [-0.2, 0) is 26.2 Å². The topological polar surface area (TPSA) is 96.0 Å². The van der Waals surface area contributed by atoms with E-state index in [-0.39, 0.29) is 23.2 Å². The molecule has 35 heavy (non-hydrogen) atoms. The lowest BCUT2D eigenvalue weighted by molar-refractivity contribution is -0.139. The maximum Gasteiger partial charge on any atom is 0.244 e. The van der Waals surface area contributed by atoms with E-state index < -0.39 is 28.5 Å². The highest BCUT2D eigenvalue weighted by Gasteiger charge is 2.31. The Balaban J connectivity index is 2.46. The van der Waals surface area contributed by atoms with Crippen molar-refractivity contribution in [1.29, 1.82) is 0 Å². The van der Waals surface area contributed by atoms with Gasteiger partial charge in [-0.2, -0.15) is 0 Å². The van der Waals surface area contributed by atoms with Gasteiger partial charge in [-0.05, 0) is 43.7 Å². The number of carbonyl (C=O) groups is 2. The summed E-state index contributed by atoms with van der Waals surface area (Å²) in [5.41, 5.74) is 0.614. The fourth-order valence-corrected chi connectivity index (χ4v) is 4.87. The summed E-state index contributed by atoms with van der Waals surface area (Å²) >= 11 is 18.8. The number of benzene rings is 2. The van der Waals surface area contributed by atoms with Crippen molar-refractivity contribution >= 4 is 62.3 Å². The van der Waals surface area contributed by atoms with Gasteiger partial charge in [-0.15, -0.1) is 0 Å². The number of nitrogens with zero attached hydrogens (tertiary/aromatic N) is 2. The van der Waals surface area contributed by atoms with Gasteiger partial charge < -0.3 is 15.0 Å². The van der Waals surface area contributed by atoms with E-state index in [1.165, 1.54) is 30.2 Å². The highest BCUT2D eigenvalue weighted by atomic mass is 35.5. The molecule has 0 aliphatic carbocycles. The molecule has 192 valence electrons. The summed E-state index contributed by atoms with van der Waals surface area (Å²) < 4.78 is 31.3. The molecule has 2 aromatic carbocycles. The summed E-state index contributed by atoms with van der Waals surface area (Å²) in [6, 6.07) is 8.35. The lowest BCUT2D eigenvalue weighted by Crippen LogP contribution is -2.51. The fraction of sp³-hybridized carbons (Fsp3) is 0.391. The minimum atomic E-state index is -3.90. The maximum absolute atomic E-state index is 13.5. The number of sulfonamides is 1. The van der Waals surface area contributed by atoms with Crippen molar-refractivity contribution in [3.05, 3.63) is 57.0 Å². The summed E-state index contributed by atoms with van der Waals surface area (Å²) in [6.45, 7) is 3.22. The van der Waals surface area contributed by atoms with Crippen LogP contribution in [0.2, 0.25) is 15.1 Å². The van der Waals surface area contributed by atoms with Crippen LogP contribution in [-0.4, -0.2) is 57.6 Å². The Kier molecular flexibility index (Phi) is 10.5. The van der Waals surface area contributed by atoms with Crippen molar-refractivity contribution in [3.63, 3.8) is 0 Å². The van der Waals surface area contributed by atoms with E-state index in [1.807, 2.05) is 6.92 Å². The predicted octanol–water partition coefficient (Wildman–Crippen LogP) is 4.36. The van der Waals surface area contributed by atoms with E-state index in [1.54, 1.807) is 25.1 Å². The lowest BCUT2D eigenvalue weighted by Gasteiger charge is -2.32. The first-order chi connectivity index (χ1) is 16.4. The lowest BCUT2D eigenvalue weighted by atomic mass is 10.1. The molecule has 0 fully saturated rings. The highest BCUT2D eigenvalue weighted by Crippen LogP contribution is 2.31. The standard InChI is InChI=1S/C23H28Cl3N3O5S/c1-5-11-27-23(31)15(2)28(13-17-18(24)7-6-8-19(17)25)22(30)14-29(35(4,32)33)16-9-10-21(34-3)20(26)12-16/h6-10,12,15H,5,11,13-14H2,1-4H3,(H,27,31)/t15-/m0/s1. The molecule has 2 amide bonds. The number of halogens is 3. The molecule has 0 unspecified atom stereocenters. The Morgan fingerprint density at radius 2 is 1.71 bits per heavy atom. The smallest absolute Gasteiger partial charge is 0.244 e. The number of amides is 2. The molecule has 1 N–H and O–H groups in total. The highest BCUT2D eigenvalue weighted by molar-refractivity contribution is 7.92. The summed E-state index contributed by atoms with van der Waals surface area (Å²) in [5, 5.41) is 3.57. The summed E-state index contributed by atoms with van der Waals surface area (Å²) in [5.74, 6) is -0.661. The van der Waals surface area contributed by atoms with Gasteiger partial charge in [0, 0.05) is 28.7 Å². The van der Waals surface area contributed by atoms with E-state index in [9.17, 15) is 18.0 Å². The van der Waals surface area contributed by atoms with Crippen LogP contribution in [0.3, 0.4) is 0 Å². The normalized spacial score (nSPS) is 12.1. The Labute approximate surface area is 221 Å². The minimum absolute atomic E-state index is 0.0982. The van der Waals surface area contributed by atoms with Gasteiger partial charge in [0.25, 0.3) is 0 Å². The summed E-state index contributed by atoms with van der Waals surface area (Å²) in [4.78, 5) is 27.5. The van der Waals surface area contributed by atoms with Crippen molar-refractivity contribution in [2.24, 2.45) is 0 Å². The molecule has 0 heterocycles. The molecule has 8 nitrogen and oxygen atoms in total. The molecular weight excluding hydrogens is 537 g/mol. The Morgan fingerprint density at radius 1 is 1.09 bits per heavy atom.